The molecule has 0 radical (unpaired) electrons. The number of rotatable bonds is 4. The van der Waals surface area contributed by atoms with Crippen molar-refractivity contribution in [1.29, 1.82) is 0 Å². The molecule has 0 aromatic rings. The van der Waals surface area contributed by atoms with Crippen LogP contribution in [0.2, 0.25) is 0 Å². The average molecular weight is 254 g/mol. The van der Waals surface area contributed by atoms with Crippen molar-refractivity contribution in [2.24, 2.45) is 23.0 Å². The highest BCUT2D eigenvalue weighted by Gasteiger charge is 2.53. The monoisotopic (exact) mass is 254 g/mol. The molecule has 1 aliphatic rings. The first-order valence-electron chi connectivity index (χ1n) is 6.72. The molecule has 4 heteroatoms. The Bertz CT molecular complexity index is 338. The molecule has 1 aliphatic carbocycles. The standard InChI is InChI=1S/C14H26N2O2/c1-9(2)10(11(17)16-13(3,4)5)14(12(15)18)7-6-8-14/h9-10H,6-8H2,1-5H3,(H2,15,18)(H,16,17)/t10-/m0/s1. The Hall–Kier alpha value is -1.06. The van der Waals surface area contributed by atoms with Gasteiger partial charge in [0.15, 0.2) is 0 Å². The van der Waals surface area contributed by atoms with Gasteiger partial charge in [0, 0.05) is 5.54 Å². The molecule has 1 fully saturated rings. The molecule has 3 N–H and O–H groups in total. The highest BCUT2D eigenvalue weighted by molar-refractivity contribution is 5.91. The van der Waals surface area contributed by atoms with Crippen molar-refractivity contribution in [3.63, 3.8) is 0 Å². The van der Waals surface area contributed by atoms with E-state index in [1.165, 1.54) is 0 Å². The van der Waals surface area contributed by atoms with Crippen molar-refractivity contribution in [3.05, 3.63) is 0 Å². The minimum absolute atomic E-state index is 0.0454. The molecular formula is C14H26N2O2. The van der Waals surface area contributed by atoms with Gasteiger partial charge in [-0.25, -0.2) is 0 Å². The molecular weight excluding hydrogens is 228 g/mol. The Morgan fingerprint density at radius 1 is 1.22 bits per heavy atom. The lowest BCUT2D eigenvalue weighted by molar-refractivity contribution is -0.150. The molecule has 0 saturated heterocycles. The van der Waals surface area contributed by atoms with Crippen molar-refractivity contribution in [1.82, 2.24) is 5.32 Å². The van der Waals surface area contributed by atoms with E-state index in [2.05, 4.69) is 5.32 Å². The third kappa shape index (κ3) is 2.85. The highest BCUT2D eigenvalue weighted by Crippen LogP contribution is 2.49. The molecule has 0 unspecified atom stereocenters. The van der Waals surface area contributed by atoms with Gasteiger partial charge in [0.05, 0.1) is 11.3 Å². The zero-order valence-electron chi connectivity index (χ0n) is 12.2. The van der Waals surface area contributed by atoms with Crippen LogP contribution in [-0.2, 0) is 9.59 Å². The van der Waals surface area contributed by atoms with Gasteiger partial charge in [0.1, 0.15) is 0 Å². The van der Waals surface area contributed by atoms with Gasteiger partial charge in [-0.1, -0.05) is 20.3 Å². The molecule has 0 spiro atoms. The first-order valence-corrected chi connectivity index (χ1v) is 6.72. The molecule has 0 aromatic carbocycles. The summed E-state index contributed by atoms with van der Waals surface area (Å²) in [4.78, 5) is 24.2. The van der Waals surface area contributed by atoms with Gasteiger partial charge in [-0.15, -0.1) is 0 Å². The maximum atomic E-state index is 12.4. The zero-order chi connectivity index (χ0) is 14.1. The second-order valence-electron chi connectivity index (χ2n) is 6.83. The number of carbonyl (C=O) groups excluding carboxylic acids is 2. The summed E-state index contributed by atoms with van der Waals surface area (Å²) in [5, 5.41) is 2.98. The van der Waals surface area contributed by atoms with Gasteiger partial charge < -0.3 is 11.1 Å². The van der Waals surface area contributed by atoms with Crippen molar-refractivity contribution < 1.29 is 9.59 Å². The topological polar surface area (TPSA) is 72.2 Å². The van der Waals surface area contributed by atoms with E-state index in [-0.39, 0.29) is 29.2 Å². The van der Waals surface area contributed by atoms with Crippen LogP contribution in [0.4, 0.5) is 0 Å². The fraction of sp³-hybridized carbons (Fsp3) is 0.857. The quantitative estimate of drug-likeness (QED) is 0.803. The highest BCUT2D eigenvalue weighted by atomic mass is 16.2. The molecule has 18 heavy (non-hydrogen) atoms. The van der Waals surface area contributed by atoms with Crippen LogP contribution in [0.25, 0.3) is 0 Å². The van der Waals surface area contributed by atoms with Crippen molar-refractivity contribution in [2.45, 2.75) is 59.4 Å². The summed E-state index contributed by atoms with van der Waals surface area (Å²) >= 11 is 0. The lowest BCUT2D eigenvalue weighted by Crippen LogP contribution is -2.57. The van der Waals surface area contributed by atoms with Crippen molar-refractivity contribution in [2.75, 3.05) is 0 Å². The Kier molecular flexibility index (Phi) is 4.08. The zero-order valence-corrected chi connectivity index (χ0v) is 12.2. The fourth-order valence-corrected chi connectivity index (χ4v) is 2.91. The van der Waals surface area contributed by atoms with Crippen LogP contribution in [0, 0.1) is 17.3 Å². The first-order chi connectivity index (χ1) is 8.10. The lowest BCUT2D eigenvalue weighted by Gasteiger charge is -2.46. The molecule has 1 rings (SSSR count). The SMILES string of the molecule is CC(C)[C@@H](C(=O)NC(C)(C)C)C1(C(N)=O)CCC1. The summed E-state index contributed by atoms with van der Waals surface area (Å²) in [7, 11) is 0. The van der Waals surface area contributed by atoms with Gasteiger partial charge in [0.2, 0.25) is 11.8 Å². The number of primary amides is 1. The van der Waals surface area contributed by atoms with E-state index < -0.39 is 5.41 Å². The van der Waals surface area contributed by atoms with E-state index in [0.717, 1.165) is 19.3 Å². The Morgan fingerprint density at radius 3 is 1.94 bits per heavy atom. The maximum Gasteiger partial charge on any atom is 0.224 e. The van der Waals surface area contributed by atoms with E-state index >= 15 is 0 Å². The average Bonchev–Trinajstić information content (AvgIpc) is 2.05. The Labute approximate surface area is 110 Å². The summed E-state index contributed by atoms with van der Waals surface area (Å²) < 4.78 is 0. The van der Waals surface area contributed by atoms with Crippen LogP contribution in [0.5, 0.6) is 0 Å². The second kappa shape index (κ2) is 4.90. The summed E-state index contributed by atoms with van der Waals surface area (Å²) in [5.74, 6) is -0.573. The fourth-order valence-electron chi connectivity index (χ4n) is 2.91. The third-order valence-electron chi connectivity index (χ3n) is 3.78. The molecule has 0 heterocycles. The number of nitrogens with two attached hydrogens (primary N) is 1. The van der Waals surface area contributed by atoms with Crippen molar-refractivity contribution >= 4 is 11.8 Å². The van der Waals surface area contributed by atoms with Crippen LogP contribution in [0.15, 0.2) is 0 Å². The smallest absolute Gasteiger partial charge is 0.224 e. The van der Waals surface area contributed by atoms with Gasteiger partial charge in [-0.2, -0.15) is 0 Å². The first kappa shape index (κ1) is 15.0. The molecule has 4 nitrogen and oxygen atoms in total. The minimum Gasteiger partial charge on any atom is -0.369 e. The van der Waals surface area contributed by atoms with E-state index in [1.54, 1.807) is 0 Å². The van der Waals surface area contributed by atoms with E-state index in [4.69, 9.17) is 5.73 Å². The van der Waals surface area contributed by atoms with Gasteiger partial charge in [0.25, 0.3) is 0 Å². The molecule has 0 aliphatic heterocycles. The van der Waals surface area contributed by atoms with Crippen LogP contribution in [0.1, 0.15) is 53.9 Å². The molecule has 1 saturated carbocycles. The number of nitrogens with one attached hydrogen (secondary N) is 1. The minimum atomic E-state index is -0.622. The largest absolute Gasteiger partial charge is 0.369 e. The summed E-state index contributed by atoms with van der Waals surface area (Å²) in [6, 6.07) is 0. The number of carbonyl (C=O) groups is 2. The molecule has 0 aromatic heterocycles. The second-order valence-corrected chi connectivity index (χ2v) is 6.83. The van der Waals surface area contributed by atoms with E-state index in [1.807, 2.05) is 34.6 Å². The molecule has 1 atom stereocenters. The molecule has 2 amide bonds. The van der Waals surface area contributed by atoms with Crippen LogP contribution >= 0.6 is 0 Å². The normalized spacial score (nSPS) is 20.1. The van der Waals surface area contributed by atoms with Gasteiger partial charge in [-0.05, 0) is 39.5 Å². The Morgan fingerprint density at radius 2 is 1.72 bits per heavy atom. The van der Waals surface area contributed by atoms with E-state index in [9.17, 15) is 9.59 Å². The Balaban J connectivity index is 2.96. The summed E-state index contributed by atoms with van der Waals surface area (Å²) in [6.07, 6.45) is 2.46. The lowest BCUT2D eigenvalue weighted by atomic mass is 9.57. The van der Waals surface area contributed by atoms with Gasteiger partial charge in [-0.3, -0.25) is 9.59 Å². The maximum absolute atomic E-state index is 12.4. The van der Waals surface area contributed by atoms with Gasteiger partial charge >= 0.3 is 0 Å². The summed E-state index contributed by atoms with van der Waals surface area (Å²) in [6.45, 7) is 9.80. The van der Waals surface area contributed by atoms with Crippen LogP contribution in [0.3, 0.4) is 0 Å². The number of amides is 2. The number of hydrogen-bond acceptors (Lipinski definition) is 2. The third-order valence-corrected chi connectivity index (χ3v) is 3.78. The van der Waals surface area contributed by atoms with Crippen molar-refractivity contribution in [3.8, 4) is 0 Å². The predicted octanol–water partition coefficient (Wildman–Crippen LogP) is 1.83. The van der Waals surface area contributed by atoms with Crippen LogP contribution in [-0.4, -0.2) is 17.4 Å². The number of hydrogen-bond donors (Lipinski definition) is 2. The van der Waals surface area contributed by atoms with E-state index in [0.29, 0.717) is 0 Å². The molecule has 104 valence electrons. The van der Waals surface area contributed by atoms with Crippen LogP contribution < -0.4 is 11.1 Å². The molecule has 0 bridgehead atoms. The summed E-state index contributed by atoms with van der Waals surface area (Å²) in [5.41, 5.74) is 4.65. The predicted molar refractivity (Wildman–Crippen MR) is 71.7 cm³/mol.